The highest BCUT2D eigenvalue weighted by atomic mass is 31.2. The number of allylic oxidation sites excluding steroid dienone is 10. The van der Waals surface area contributed by atoms with Gasteiger partial charge >= 0.3 is 19.8 Å². The van der Waals surface area contributed by atoms with Gasteiger partial charge < -0.3 is 18.9 Å². The first-order chi connectivity index (χ1) is 28.0. The van der Waals surface area contributed by atoms with Gasteiger partial charge in [0.25, 0.3) is 0 Å². The van der Waals surface area contributed by atoms with E-state index in [0.717, 1.165) is 51.4 Å². The van der Waals surface area contributed by atoms with Crippen LogP contribution in [0.15, 0.2) is 60.8 Å². The summed E-state index contributed by atoms with van der Waals surface area (Å²) in [5.74, 6) is -0.893. The monoisotopic (exact) mass is 837 g/mol. The van der Waals surface area contributed by atoms with E-state index in [1.165, 1.54) is 89.9 Å². The third kappa shape index (κ3) is 43.3. The Kier molecular flexibility index (Phi) is 38.5. The summed E-state index contributed by atoms with van der Waals surface area (Å²) in [5.41, 5.74) is 0. The van der Waals surface area contributed by atoms with Crippen molar-refractivity contribution in [1.29, 1.82) is 0 Å². The zero-order valence-corrected chi connectivity index (χ0v) is 38.7. The lowest BCUT2D eigenvalue weighted by molar-refractivity contribution is -0.870. The highest BCUT2D eigenvalue weighted by Crippen LogP contribution is 2.43. The van der Waals surface area contributed by atoms with E-state index < -0.39 is 32.5 Å². The molecule has 58 heavy (non-hydrogen) atoms. The van der Waals surface area contributed by atoms with Gasteiger partial charge in [0.1, 0.15) is 19.8 Å². The van der Waals surface area contributed by atoms with Gasteiger partial charge in [-0.15, -0.1) is 0 Å². The Hall–Kier alpha value is -2.29. The summed E-state index contributed by atoms with van der Waals surface area (Å²) in [7, 11) is 1.43. The van der Waals surface area contributed by atoms with E-state index in [1.54, 1.807) is 0 Å². The van der Waals surface area contributed by atoms with E-state index in [-0.39, 0.29) is 26.1 Å². The number of carbonyl (C=O) groups is 2. The Labute approximate surface area is 356 Å². The molecule has 9 nitrogen and oxygen atoms in total. The van der Waals surface area contributed by atoms with Crippen molar-refractivity contribution in [2.45, 2.75) is 187 Å². The number of carbonyl (C=O) groups excluding carboxylic acids is 2. The van der Waals surface area contributed by atoms with Gasteiger partial charge in [0.05, 0.1) is 27.7 Å². The molecule has 0 rings (SSSR count). The summed E-state index contributed by atoms with van der Waals surface area (Å²) < 4.78 is 34.2. The van der Waals surface area contributed by atoms with Crippen LogP contribution in [0.25, 0.3) is 0 Å². The van der Waals surface area contributed by atoms with Crippen LogP contribution >= 0.6 is 7.82 Å². The molecule has 0 aliphatic heterocycles. The third-order valence-corrected chi connectivity index (χ3v) is 10.5. The number of esters is 2. The fourth-order valence-electron chi connectivity index (χ4n) is 5.90. The zero-order valence-electron chi connectivity index (χ0n) is 37.8. The number of phosphoric acid groups is 1. The van der Waals surface area contributed by atoms with Crippen LogP contribution in [0.4, 0.5) is 0 Å². The molecule has 0 aromatic rings. The van der Waals surface area contributed by atoms with Crippen molar-refractivity contribution < 1.29 is 42.1 Å². The number of unbranched alkanes of at least 4 members (excludes halogenated alkanes) is 17. The first kappa shape index (κ1) is 55.7. The predicted octanol–water partition coefficient (Wildman–Crippen LogP) is 13.2. The molecule has 0 aliphatic carbocycles. The highest BCUT2D eigenvalue weighted by molar-refractivity contribution is 7.47. The number of hydrogen-bond donors (Lipinski definition) is 1. The fourth-order valence-corrected chi connectivity index (χ4v) is 6.64. The second-order valence-electron chi connectivity index (χ2n) is 16.4. The normalized spacial score (nSPS) is 14.1. The van der Waals surface area contributed by atoms with Gasteiger partial charge in [0.15, 0.2) is 6.10 Å². The molecule has 0 amide bonds. The molecule has 0 radical (unpaired) electrons. The number of ether oxygens (including phenoxy) is 2. The zero-order chi connectivity index (χ0) is 42.8. The van der Waals surface area contributed by atoms with E-state index >= 15 is 0 Å². The summed E-state index contributed by atoms with van der Waals surface area (Å²) >= 11 is 0. The minimum Gasteiger partial charge on any atom is -0.462 e. The van der Waals surface area contributed by atoms with Crippen LogP contribution in [-0.2, 0) is 32.7 Å². The van der Waals surface area contributed by atoms with Gasteiger partial charge in [-0.1, -0.05) is 158 Å². The average Bonchev–Trinajstić information content (AvgIpc) is 3.17. The Morgan fingerprint density at radius 1 is 0.534 bits per heavy atom. The molecule has 0 heterocycles. The third-order valence-electron chi connectivity index (χ3n) is 9.53. The van der Waals surface area contributed by atoms with Gasteiger partial charge in [0, 0.05) is 12.8 Å². The number of likely N-dealkylation sites (N-methyl/N-ethyl adjacent to an activating group) is 1. The number of nitrogens with zero attached hydrogens (tertiary/aromatic N) is 1. The van der Waals surface area contributed by atoms with Crippen molar-refractivity contribution in [1.82, 2.24) is 0 Å². The van der Waals surface area contributed by atoms with Gasteiger partial charge in [0.2, 0.25) is 0 Å². The summed E-state index contributed by atoms with van der Waals surface area (Å²) in [6.45, 7) is 4.31. The molecule has 0 spiro atoms. The minimum atomic E-state index is -4.39. The minimum absolute atomic E-state index is 0.0184. The van der Waals surface area contributed by atoms with Crippen molar-refractivity contribution in [3.05, 3.63) is 60.8 Å². The molecule has 0 aromatic heterocycles. The maximum absolute atomic E-state index is 12.7. The average molecular weight is 837 g/mol. The molecule has 1 N–H and O–H groups in total. The summed E-state index contributed by atoms with van der Waals surface area (Å²) in [6.07, 6.45) is 48.5. The van der Waals surface area contributed by atoms with Crippen LogP contribution in [0, 0.1) is 0 Å². The van der Waals surface area contributed by atoms with Crippen LogP contribution < -0.4 is 0 Å². The van der Waals surface area contributed by atoms with E-state index in [9.17, 15) is 19.0 Å². The Morgan fingerprint density at radius 3 is 1.50 bits per heavy atom. The predicted molar refractivity (Wildman–Crippen MR) is 243 cm³/mol. The smallest absolute Gasteiger partial charge is 0.462 e. The standard InChI is InChI=1S/C48H86NO8P/c1-6-8-10-12-14-16-18-20-22-23-24-25-27-29-31-33-35-37-39-41-48(51)57-46(45-56-58(52,53)55-43-42-49(3,4)5)44-54-47(50)40-38-36-34-32-30-28-26-21-19-17-15-13-11-9-7-2/h14,16,20,22,24-25,29,31,34,36,46H,6-13,15,17-19,21,23,26-28,30,32-33,35,37-45H2,1-5H3/p+1/b16-14+,22-20+,25-24+,31-29+,36-34+/t46-/m1/s1. The second kappa shape index (κ2) is 40.1. The van der Waals surface area contributed by atoms with Crippen LogP contribution in [0.3, 0.4) is 0 Å². The van der Waals surface area contributed by atoms with Crippen molar-refractivity contribution in [2.24, 2.45) is 0 Å². The van der Waals surface area contributed by atoms with Crippen LogP contribution in [-0.4, -0.2) is 74.9 Å². The number of quaternary nitrogens is 1. The molecule has 10 heteroatoms. The van der Waals surface area contributed by atoms with Crippen LogP contribution in [0.5, 0.6) is 0 Å². The summed E-state index contributed by atoms with van der Waals surface area (Å²) in [5, 5.41) is 0. The largest absolute Gasteiger partial charge is 0.472 e. The summed E-state index contributed by atoms with van der Waals surface area (Å²) in [4.78, 5) is 35.4. The van der Waals surface area contributed by atoms with Crippen molar-refractivity contribution >= 4 is 19.8 Å². The lowest BCUT2D eigenvalue weighted by Gasteiger charge is -2.24. The second-order valence-corrected chi connectivity index (χ2v) is 17.9. The first-order valence-electron chi connectivity index (χ1n) is 23.0. The Balaban J connectivity index is 4.45. The lowest BCUT2D eigenvalue weighted by Crippen LogP contribution is -2.37. The van der Waals surface area contributed by atoms with Gasteiger partial charge in [-0.05, 0) is 70.6 Å². The van der Waals surface area contributed by atoms with E-state index in [4.69, 9.17) is 18.5 Å². The van der Waals surface area contributed by atoms with E-state index in [0.29, 0.717) is 23.9 Å². The fraction of sp³-hybridized carbons (Fsp3) is 0.750. The van der Waals surface area contributed by atoms with Crippen molar-refractivity contribution in [2.75, 3.05) is 47.5 Å². The Morgan fingerprint density at radius 2 is 0.966 bits per heavy atom. The molecule has 0 saturated heterocycles. The number of rotatable bonds is 41. The molecule has 0 fully saturated rings. The maximum Gasteiger partial charge on any atom is 0.472 e. The first-order valence-corrected chi connectivity index (χ1v) is 24.5. The topological polar surface area (TPSA) is 108 Å². The van der Waals surface area contributed by atoms with Crippen molar-refractivity contribution in [3.63, 3.8) is 0 Å². The molecule has 1 unspecified atom stereocenters. The molecular weight excluding hydrogens is 750 g/mol. The lowest BCUT2D eigenvalue weighted by atomic mass is 10.1. The highest BCUT2D eigenvalue weighted by Gasteiger charge is 2.27. The van der Waals surface area contributed by atoms with Crippen LogP contribution in [0.1, 0.15) is 181 Å². The molecule has 0 aromatic carbocycles. The van der Waals surface area contributed by atoms with E-state index in [1.807, 2.05) is 27.2 Å². The molecule has 0 aliphatic rings. The molecule has 0 bridgehead atoms. The summed E-state index contributed by atoms with van der Waals surface area (Å²) in [6, 6.07) is 0. The van der Waals surface area contributed by atoms with E-state index in [2.05, 4.69) is 68.5 Å². The molecular formula is C48H87NO8P+. The van der Waals surface area contributed by atoms with Gasteiger partial charge in [-0.3, -0.25) is 18.6 Å². The number of hydrogen-bond acceptors (Lipinski definition) is 7. The van der Waals surface area contributed by atoms with Crippen LogP contribution in [0.2, 0.25) is 0 Å². The SMILES string of the molecule is CCCCC/C=C/C/C=C/C/C=C/C/C=C/CCCCCC(=O)O[C@H](COC(=O)CC/C=C/CCCCCCCCCCCCC)COP(=O)(O)OCC[N+](C)(C)C. The quantitative estimate of drug-likeness (QED) is 0.0213. The molecule has 0 saturated carbocycles. The van der Waals surface area contributed by atoms with Crippen molar-refractivity contribution in [3.8, 4) is 0 Å². The molecule has 2 atom stereocenters. The maximum atomic E-state index is 12.7. The van der Waals surface area contributed by atoms with Gasteiger partial charge in [-0.25, -0.2) is 4.57 Å². The van der Waals surface area contributed by atoms with Gasteiger partial charge in [-0.2, -0.15) is 0 Å². The molecule has 336 valence electrons. The number of phosphoric ester groups is 1. The Bertz CT molecular complexity index is 1170.